The molecular weight excluding hydrogens is 280 g/mol. The number of oxazole rings is 1. The summed E-state index contributed by atoms with van der Waals surface area (Å²) in [6.07, 6.45) is 2.77. The molecule has 1 aliphatic heterocycles. The molecule has 3 rings (SSSR count). The second-order valence-corrected chi connectivity index (χ2v) is 5.21. The van der Waals surface area contributed by atoms with Gasteiger partial charge in [0.05, 0.1) is 11.3 Å². The number of benzene rings is 1. The van der Waals surface area contributed by atoms with E-state index in [1.54, 1.807) is 6.26 Å². The van der Waals surface area contributed by atoms with Crippen LogP contribution in [0.2, 0.25) is 0 Å². The van der Waals surface area contributed by atoms with E-state index in [4.69, 9.17) is 4.42 Å². The van der Waals surface area contributed by atoms with Crippen LogP contribution in [0.15, 0.2) is 39.4 Å². The number of hydrogen-bond acceptors (Lipinski definition) is 3. The van der Waals surface area contributed by atoms with Crippen LogP contribution >= 0.6 is 15.9 Å². The van der Waals surface area contributed by atoms with Gasteiger partial charge in [0, 0.05) is 4.47 Å². The van der Waals surface area contributed by atoms with Gasteiger partial charge in [0.1, 0.15) is 6.26 Å². The van der Waals surface area contributed by atoms with E-state index in [-0.39, 0.29) is 0 Å². The Labute approximate surface area is 108 Å². The summed E-state index contributed by atoms with van der Waals surface area (Å²) in [6.45, 7) is 2.19. The lowest BCUT2D eigenvalue weighted by Gasteiger charge is -2.25. The Morgan fingerprint density at radius 3 is 2.88 bits per heavy atom. The maximum atomic E-state index is 5.54. The van der Waals surface area contributed by atoms with E-state index in [9.17, 15) is 0 Å². The zero-order valence-electron chi connectivity index (χ0n) is 9.32. The summed E-state index contributed by atoms with van der Waals surface area (Å²) in [7, 11) is 0. The molecule has 0 radical (unpaired) electrons. The highest BCUT2D eigenvalue weighted by Crippen LogP contribution is 2.27. The molecule has 4 heteroatoms. The molecule has 1 aliphatic rings. The molecule has 0 aliphatic carbocycles. The molecule has 1 aromatic carbocycles. The van der Waals surface area contributed by atoms with Crippen molar-refractivity contribution in [2.45, 2.75) is 6.42 Å². The van der Waals surface area contributed by atoms with Gasteiger partial charge in [-0.25, -0.2) is 4.98 Å². The van der Waals surface area contributed by atoms with Crippen LogP contribution in [0.5, 0.6) is 0 Å². The largest absolute Gasteiger partial charge is 0.444 e. The maximum Gasteiger partial charge on any atom is 0.227 e. The molecule has 17 heavy (non-hydrogen) atoms. The second kappa shape index (κ2) is 4.63. The molecule has 1 N–H and O–H groups in total. The van der Waals surface area contributed by atoms with E-state index in [0.29, 0.717) is 11.8 Å². The van der Waals surface area contributed by atoms with Gasteiger partial charge in [0.2, 0.25) is 5.89 Å². The third-order valence-corrected chi connectivity index (χ3v) is 3.71. The molecule has 0 bridgehead atoms. The summed E-state index contributed by atoms with van der Waals surface area (Å²) >= 11 is 3.51. The van der Waals surface area contributed by atoms with Crippen LogP contribution < -0.4 is 5.32 Å². The van der Waals surface area contributed by atoms with Crippen LogP contribution in [0, 0.1) is 5.92 Å². The first-order chi connectivity index (χ1) is 8.33. The van der Waals surface area contributed by atoms with E-state index in [2.05, 4.69) is 26.2 Å². The first kappa shape index (κ1) is 11.0. The van der Waals surface area contributed by atoms with E-state index >= 15 is 0 Å². The Morgan fingerprint density at radius 2 is 2.18 bits per heavy atom. The highest BCUT2D eigenvalue weighted by atomic mass is 79.9. The SMILES string of the molecule is Brc1ccccc1-c1nc(CC2CNC2)co1. The summed E-state index contributed by atoms with van der Waals surface area (Å²) in [5.41, 5.74) is 2.05. The van der Waals surface area contributed by atoms with Crippen LogP contribution in [-0.4, -0.2) is 18.1 Å². The number of nitrogens with zero attached hydrogens (tertiary/aromatic N) is 1. The third-order valence-electron chi connectivity index (χ3n) is 3.02. The van der Waals surface area contributed by atoms with Gasteiger partial charge in [-0.1, -0.05) is 12.1 Å². The van der Waals surface area contributed by atoms with Crippen LogP contribution in [0.4, 0.5) is 0 Å². The van der Waals surface area contributed by atoms with Crippen molar-refractivity contribution in [3.8, 4) is 11.5 Å². The minimum Gasteiger partial charge on any atom is -0.444 e. The quantitative estimate of drug-likeness (QED) is 0.945. The second-order valence-electron chi connectivity index (χ2n) is 4.35. The van der Waals surface area contributed by atoms with Crippen molar-refractivity contribution in [3.63, 3.8) is 0 Å². The van der Waals surface area contributed by atoms with Gasteiger partial charge in [-0.15, -0.1) is 0 Å². The van der Waals surface area contributed by atoms with E-state index < -0.39 is 0 Å². The van der Waals surface area contributed by atoms with Crippen LogP contribution in [0.3, 0.4) is 0 Å². The van der Waals surface area contributed by atoms with Gasteiger partial charge < -0.3 is 9.73 Å². The highest BCUT2D eigenvalue weighted by Gasteiger charge is 2.19. The number of aromatic nitrogens is 1. The van der Waals surface area contributed by atoms with Crippen molar-refractivity contribution >= 4 is 15.9 Å². The molecule has 0 atom stereocenters. The van der Waals surface area contributed by atoms with Crippen molar-refractivity contribution < 1.29 is 4.42 Å². The fraction of sp³-hybridized carbons (Fsp3) is 0.308. The Morgan fingerprint density at radius 1 is 1.35 bits per heavy atom. The summed E-state index contributed by atoms with van der Waals surface area (Å²) in [4.78, 5) is 4.54. The van der Waals surface area contributed by atoms with Crippen molar-refractivity contribution in [2.75, 3.05) is 13.1 Å². The predicted molar refractivity (Wildman–Crippen MR) is 69.7 cm³/mol. The first-order valence-electron chi connectivity index (χ1n) is 5.73. The molecule has 0 amide bonds. The summed E-state index contributed by atoms with van der Waals surface area (Å²) in [5, 5.41) is 3.26. The number of rotatable bonds is 3. The Hall–Kier alpha value is -1.13. The highest BCUT2D eigenvalue weighted by molar-refractivity contribution is 9.10. The molecule has 88 valence electrons. The molecule has 1 fully saturated rings. The molecule has 2 aromatic rings. The lowest BCUT2D eigenvalue weighted by molar-refractivity contribution is 0.344. The minimum atomic E-state index is 0.694. The fourth-order valence-electron chi connectivity index (χ4n) is 1.95. The maximum absolute atomic E-state index is 5.54. The number of nitrogens with one attached hydrogen (secondary N) is 1. The van der Waals surface area contributed by atoms with Crippen LogP contribution in [-0.2, 0) is 6.42 Å². The molecule has 1 saturated heterocycles. The Bertz CT molecular complexity index is 520. The van der Waals surface area contributed by atoms with E-state index in [0.717, 1.165) is 35.2 Å². The van der Waals surface area contributed by atoms with Gasteiger partial charge in [0.15, 0.2) is 0 Å². The van der Waals surface area contributed by atoms with Crippen molar-refractivity contribution in [2.24, 2.45) is 5.92 Å². The Balaban J connectivity index is 1.82. The van der Waals surface area contributed by atoms with Crippen LogP contribution in [0.1, 0.15) is 5.69 Å². The zero-order chi connectivity index (χ0) is 11.7. The van der Waals surface area contributed by atoms with Gasteiger partial charge in [-0.3, -0.25) is 0 Å². The monoisotopic (exact) mass is 292 g/mol. The molecule has 0 unspecified atom stereocenters. The summed E-state index contributed by atoms with van der Waals surface area (Å²) < 4.78 is 6.55. The summed E-state index contributed by atoms with van der Waals surface area (Å²) in [6, 6.07) is 7.97. The fourth-order valence-corrected chi connectivity index (χ4v) is 2.40. The lowest BCUT2D eigenvalue weighted by Crippen LogP contribution is -2.43. The van der Waals surface area contributed by atoms with E-state index in [1.807, 2.05) is 24.3 Å². The van der Waals surface area contributed by atoms with E-state index in [1.165, 1.54) is 0 Å². The smallest absolute Gasteiger partial charge is 0.227 e. The Kier molecular flexibility index (Phi) is 2.99. The minimum absolute atomic E-state index is 0.694. The van der Waals surface area contributed by atoms with Gasteiger partial charge in [-0.2, -0.15) is 0 Å². The van der Waals surface area contributed by atoms with Crippen molar-refractivity contribution in [1.29, 1.82) is 0 Å². The normalized spacial score (nSPS) is 15.8. The predicted octanol–water partition coefficient (Wildman–Crippen LogP) is 2.87. The lowest BCUT2D eigenvalue weighted by atomic mass is 9.98. The van der Waals surface area contributed by atoms with Gasteiger partial charge in [0.25, 0.3) is 0 Å². The third kappa shape index (κ3) is 2.28. The van der Waals surface area contributed by atoms with Crippen molar-refractivity contribution in [1.82, 2.24) is 10.3 Å². The molecule has 1 aromatic heterocycles. The molecule has 2 heterocycles. The zero-order valence-corrected chi connectivity index (χ0v) is 10.9. The average molecular weight is 293 g/mol. The topological polar surface area (TPSA) is 38.1 Å². The average Bonchev–Trinajstić information content (AvgIpc) is 2.73. The van der Waals surface area contributed by atoms with Gasteiger partial charge >= 0.3 is 0 Å². The number of hydrogen-bond donors (Lipinski definition) is 1. The molecule has 3 nitrogen and oxygen atoms in total. The molecular formula is C13H13BrN2O. The van der Waals surface area contributed by atoms with Crippen LogP contribution in [0.25, 0.3) is 11.5 Å². The summed E-state index contributed by atoms with van der Waals surface area (Å²) in [5.74, 6) is 1.41. The standard InChI is InChI=1S/C13H13BrN2O/c14-12-4-2-1-3-11(12)13-16-10(8-17-13)5-9-6-15-7-9/h1-4,8-9,15H,5-7H2. The molecule has 0 spiro atoms. The first-order valence-corrected chi connectivity index (χ1v) is 6.52. The van der Waals surface area contributed by atoms with Crippen molar-refractivity contribution in [3.05, 3.63) is 40.7 Å². The van der Waals surface area contributed by atoms with Gasteiger partial charge in [-0.05, 0) is 53.5 Å². The number of halogens is 1. The molecule has 0 saturated carbocycles.